The second kappa shape index (κ2) is 7.92. The second-order valence-electron chi connectivity index (χ2n) is 6.46. The Kier molecular flexibility index (Phi) is 5.17. The highest BCUT2D eigenvalue weighted by molar-refractivity contribution is 7.98. The van der Waals surface area contributed by atoms with E-state index in [1.54, 1.807) is 18.2 Å². The maximum absolute atomic E-state index is 12.5. The number of benzene rings is 2. The molecule has 0 unspecified atom stereocenters. The minimum Gasteiger partial charge on any atom is -0.485 e. The van der Waals surface area contributed by atoms with Crippen molar-refractivity contribution in [3.05, 3.63) is 69.8 Å². The number of hydrogen-bond acceptors (Lipinski definition) is 8. The van der Waals surface area contributed by atoms with Gasteiger partial charge in [0.25, 0.3) is 5.56 Å². The predicted octanol–water partition coefficient (Wildman–Crippen LogP) is 2.04. The van der Waals surface area contributed by atoms with Gasteiger partial charge in [-0.1, -0.05) is 47.3 Å². The van der Waals surface area contributed by atoms with Crippen LogP contribution in [0.2, 0.25) is 0 Å². The van der Waals surface area contributed by atoms with Gasteiger partial charge in [-0.2, -0.15) is 4.68 Å². The molecule has 0 aliphatic heterocycles. The van der Waals surface area contributed by atoms with Crippen molar-refractivity contribution >= 4 is 22.7 Å². The van der Waals surface area contributed by atoms with Gasteiger partial charge in [-0.05, 0) is 37.1 Å². The lowest BCUT2D eigenvalue weighted by molar-refractivity contribution is 0.288. The van der Waals surface area contributed by atoms with Crippen molar-refractivity contribution < 1.29 is 4.74 Å². The maximum Gasteiger partial charge on any atom is 0.278 e. The third-order valence-electron chi connectivity index (χ3n) is 4.43. The molecule has 0 atom stereocenters. The van der Waals surface area contributed by atoms with E-state index in [0.29, 0.717) is 21.9 Å². The lowest BCUT2D eigenvalue weighted by Gasteiger charge is -2.11. The summed E-state index contributed by atoms with van der Waals surface area (Å²) < 4.78 is 8.52. The monoisotopic (exact) mass is 409 g/mol. The van der Waals surface area contributed by atoms with Crippen molar-refractivity contribution in [3.8, 4) is 5.75 Å². The van der Waals surface area contributed by atoms with Crippen molar-refractivity contribution in [1.82, 2.24) is 29.9 Å². The van der Waals surface area contributed by atoms with Gasteiger partial charge in [0, 0.05) is 0 Å². The molecule has 2 aromatic carbocycles. The summed E-state index contributed by atoms with van der Waals surface area (Å²) in [6.07, 6.45) is 0. The van der Waals surface area contributed by atoms with Crippen molar-refractivity contribution in [2.75, 3.05) is 5.84 Å². The van der Waals surface area contributed by atoms with Crippen LogP contribution in [0.15, 0.2) is 52.4 Å². The van der Waals surface area contributed by atoms with Gasteiger partial charge in [-0.25, -0.2) is 4.68 Å². The van der Waals surface area contributed by atoms with Gasteiger partial charge < -0.3 is 10.6 Å². The molecular formula is C19H19N7O2S. The van der Waals surface area contributed by atoms with E-state index < -0.39 is 0 Å². The van der Waals surface area contributed by atoms with Crippen LogP contribution in [-0.2, 0) is 12.5 Å². The third kappa shape index (κ3) is 3.79. The van der Waals surface area contributed by atoms with Crippen LogP contribution in [0.4, 0.5) is 0 Å². The average molecular weight is 409 g/mol. The molecule has 2 heterocycles. The van der Waals surface area contributed by atoms with Crippen molar-refractivity contribution in [2.24, 2.45) is 0 Å². The Morgan fingerprint density at radius 2 is 1.79 bits per heavy atom. The SMILES string of the molecule is Cc1cccc(C)c1OCc1nnc(SCn2nnc3ccccc3c2=O)n1N. The van der Waals surface area contributed by atoms with Gasteiger partial charge in [-0.15, -0.1) is 15.3 Å². The van der Waals surface area contributed by atoms with Gasteiger partial charge in [0.1, 0.15) is 17.9 Å². The molecule has 0 radical (unpaired) electrons. The molecule has 9 nitrogen and oxygen atoms in total. The zero-order valence-electron chi connectivity index (χ0n) is 15.9. The topological polar surface area (TPSA) is 114 Å². The highest BCUT2D eigenvalue weighted by atomic mass is 32.2. The molecule has 4 aromatic rings. The van der Waals surface area contributed by atoms with Gasteiger partial charge in [0.15, 0.2) is 5.82 Å². The lowest BCUT2D eigenvalue weighted by Crippen LogP contribution is -2.23. The molecule has 2 aromatic heterocycles. The van der Waals surface area contributed by atoms with Crippen LogP contribution < -0.4 is 16.1 Å². The summed E-state index contributed by atoms with van der Waals surface area (Å²) in [5.74, 6) is 7.60. The number of aryl methyl sites for hydroxylation is 2. The first-order chi connectivity index (χ1) is 14.0. The summed E-state index contributed by atoms with van der Waals surface area (Å²) in [6, 6.07) is 13.0. The van der Waals surface area contributed by atoms with Crippen LogP contribution in [0.3, 0.4) is 0 Å². The first-order valence-corrected chi connectivity index (χ1v) is 9.87. The molecule has 0 aliphatic rings. The second-order valence-corrected chi connectivity index (χ2v) is 7.38. The minimum atomic E-state index is -0.218. The number of nitrogens with zero attached hydrogens (tertiary/aromatic N) is 6. The molecular weight excluding hydrogens is 390 g/mol. The smallest absolute Gasteiger partial charge is 0.278 e. The first kappa shape index (κ1) is 18.9. The highest BCUT2D eigenvalue weighted by Gasteiger charge is 2.14. The maximum atomic E-state index is 12.5. The molecule has 0 bridgehead atoms. The Balaban J connectivity index is 1.47. The zero-order chi connectivity index (χ0) is 20.4. The van der Waals surface area contributed by atoms with Crippen LogP contribution >= 0.6 is 11.8 Å². The fraction of sp³-hybridized carbons (Fsp3) is 0.211. The normalized spacial score (nSPS) is 11.1. The molecule has 0 saturated carbocycles. The van der Waals surface area contributed by atoms with Crippen LogP contribution in [0, 0.1) is 13.8 Å². The number of para-hydroxylation sites is 1. The Hall–Kier alpha value is -3.40. The highest BCUT2D eigenvalue weighted by Crippen LogP contribution is 2.23. The first-order valence-electron chi connectivity index (χ1n) is 8.88. The van der Waals surface area contributed by atoms with Crippen molar-refractivity contribution in [1.29, 1.82) is 0 Å². The molecule has 0 amide bonds. The van der Waals surface area contributed by atoms with Crippen molar-refractivity contribution in [2.45, 2.75) is 31.5 Å². The van der Waals surface area contributed by atoms with E-state index in [1.807, 2.05) is 38.1 Å². The predicted molar refractivity (Wildman–Crippen MR) is 110 cm³/mol. The van der Waals surface area contributed by atoms with E-state index >= 15 is 0 Å². The summed E-state index contributed by atoms with van der Waals surface area (Å²) in [7, 11) is 0. The van der Waals surface area contributed by atoms with Gasteiger partial charge in [0.05, 0.1) is 11.3 Å². The fourth-order valence-corrected chi connectivity index (χ4v) is 3.64. The number of hydrogen-bond donors (Lipinski definition) is 1. The largest absolute Gasteiger partial charge is 0.485 e. The Morgan fingerprint density at radius 1 is 1.03 bits per heavy atom. The number of ether oxygens (including phenoxy) is 1. The molecule has 0 aliphatic carbocycles. The van der Waals surface area contributed by atoms with E-state index in [-0.39, 0.29) is 18.0 Å². The molecule has 148 valence electrons. The van der Waals surface area contributed by atoms with Crippen LogP contribution in [0.25, 0.3) is 10.9 Å². The van der Waals surface area contributed by atoms with Crippen molar-refractivity contribution in [3.63, 3.8) is 0 Å². The van der Waals surface area contributed by atoms with Crippen LogP contribution in [0.5, 0.6) is 5.75 Å². The third-order valence-corrected chi connectivity index (χ3v) is 5.34. The average Bonchev–Trinajstić information content (AvgIpc) is 3.07. The standard InChI is InChI=1S/C19H19N7O2S/c1-12-6-5-7-13(2)17(12)28-10-16-22-23-19(26(16)20)29-11-25-18(27)14-8-3-4-9-15(14)21-24-25/h3-9H,10-11,20H2,1-2H3. The summed E-state index contributed by atoms with van der Waals surface area (Å²) in [5, 5.41) is 17.2. The van der Waals surface area contributed by atoms with E-state index in [2.05, 4.69) is 20.5 Å². The summed E-state index contributed by atoms with van der Waals surface area (Å²) >= 11 is 1.24. The molecule has 0 fully saturated rings. The van der Waals surface area contributed by atoms with E-state index in [0.717, 1.165) is 16.9 Å². The number of nitrogen functional groups attached to an aromatic ring is 1. The van der Waals surface area contributed by atoms with E-state index in [1.165, 1.54) is 21.1 Å². The van der Waals surface area contributed by atoms with Gasteiger partial charge >= 0.3 is 0 Å². The van der Waals surface area contributed by atoms with E-state index in [4.69, 9.17) is 10.6 Å². The number of aromatic nitrogens is 6. The minimum absolute atomic E-state index is 0.186. The number of rotatable bonds is 6. The fourth-order valence-electron chi connectivity index (χ4n) is 2.89. The Bertz CT molecular complexity index is 1210. The molecule has 4 rings (SSSR count). The zero-order valence-corrected chi connectivity index (χ0v) is 16.8. The quantitative estimate of drug-likeness (QED) is 0.380. The summed E-state index contributed by atoms with van der Waals surface area (Å²) in [6.45, 7) is 4.16. The number of nitrogens with two attached hydrogens (primary N) is 1. The van der Waals surface area contributed by atoms with Gasteiger partial charge in [-0.3, -0.25) is 4.79 Å². The number of fused-ring (bicyclic) bond motifs is 1. The Labute approximate surface area is 170 Å². The lowest BCUT2D eigenvalue weighted by atomic mass is 10.1. The molecule has 0 spiro atoms. The summed E-state index contributed by atoms with van der Waals surface area (Å²) in [5.41, 5.74) is 2.42. The van der Waals surface area contributed by atoms with Gasteiger partial charge in [0.2, 0.25) is 5.16 Å². The Morgan fingerprint density at radius 3 is 2.59 bits per heavy atom. The molecule has 10 heteroatoms. The van der Waals surface area contributed by atoms with Crippen LogP contribution in [0.1, 0.15) is 17.0 Å². The molecule has 29 heavy (non-hydrogen) atoms. The molecule has 0 saturated heterocycles. The number of thioether (sulfide) groups is 1. The molecule has 2 N–H and O–H groups in total. The van der Waals surface area contributed by atoms with E-state index in [9.17, 15) is 4.79 Å². The summed E-state index contributed by atoms with van der Waals surface area (Å²) in [4.78, 5) is 12.5. The van der Waals surface area contributed by atoms with Crippen LogP contribution in [-0.4, -0.2) is 29.9 Å².